The molecule has 0 fully saturated rings. The van der Waals surface area contributed by atoms with Crippen molar-refractivity contribution in [1.29, 1.82) is 0 Å². The van der Waals surface area contributed by atoms with E-state index in [0.717, 1.165) is 18.2 Å². The van der Waals surface area contributed by atoms with Gasteiger partial charge in [-0.1, -0.05) is 17.7 Å². The monoisotopic (exact) mass is 298 g/mol. The summed E-state index contributed by atoms with van der Waals surface area (Å²) in [6.45, 7) is 0. The molecule has 0 atom stereocenters. The summed E-state index contributed by atoms with van der Waals surface area (Å²) in [7, 11) is 0. The maximum atomic E-state index is 12.7. The third kappa shape index (κ3) is 1.94. The predicted octanol–water partition coefficient (Wildman–Crippen LogP) is 4.62. The van der Waals surface area contributed by atoms with Crippen LogP contribution in [0.15, 0.2) is 45.6 Å². The fourth-order valence-electron chi connectivity index (χ4n) is 2.04. The average Bonchev–Trinajstić information content (AvgIpc) is 2.37. The summed E-state index contributed by atoms with van der Waals surface area (Å²) in [6.07, 6.45) is -4.52. The Hall–Kier alpha value is -2.01. The van der Waals surface area contributed by atoms with E-state index in [1.165, 1.54) is 6.07 Å². The quantitative estimate of drug-likeness (QED) is 0.567. The van der Waals surface area contributed by atoms with Crippen molar-refractivity contribution >= 4 is 33.5 Å². The van der Waals surface area contributed by atoms with Crippen LogP contribution in [0.5, 0.6) is 0 Å². The molecule has 0 aliphatic rings. The molecule has 2 nitrogen and oxygen atoms in total. The van der Waals surface area contributed by atoms with Crippen molar-refractivity contribution in [3.05, 3.63) is 57.2 Å². The van der Waals surface area contributed by atoms with E-state index < -0.39 is 17.2 Å². The first-order chi connectivity index (χ1) is 9.38. The van der Waals surface area contributed by atoms with E-state index in [4.69, 9.17) is 16.0 Å². The molecule has 0 amide bonds. The number of benzene rings is 2. The zero-order valence-corrected chi connectivity index (χ0v) is 10.5. The van der Waals surface area contributed by atoms with Crippen molar-refractivity contribution in [1.82, 2.24) is 0 Å². The molecule has 0 saturated heterocycles. The highest BCUT2D eigenvalue weighted by Gasteiger charge is 2.31. The van der Waals surface area contributed by atoms with Gasteiger partial charge in [-0.2, -0.15) is 13.2 Å². The van der Waals surface area contributed by atoms with Crippen LogP contribution >= 0.6 is 11.6 Å². The summed E-state index contributed by atoms with van der Waals surface area (Å²) < 4.78 is 43.5. The third-order valence-corrected chi connectivity index (χ3v) is 3.29. The van der Waals surface area contributed by atoms with Crippen molar-refractivity contribution in [3.63, 3.8) is 0 Å². The Kier molecular flexibility index (Phi) is 2.76. The highest BCUT2D eigenvalue weighted by atomic mass is 35.5. The summed E-state index contributed by atoms with van der Waals surface area (Å²) in [5.74, 6) is 0. The molecule has 1 aromatic heterocycles. The molecule has 20 heavy (non-hydrogen) atoms. The van der Waals surface area contributed by atoms with Crippen molar-refractivity contribution < 1.29 is 17.6 Å². The standard InChI is InChI=1S/C14H6ClF3O2/c15-9-2-1-3-11-12(9)13(19)8-6-7(14(16,17)18)4-5-10(8)20-11/h1-6H. The Morgan fingerprint density at radius 3 is 2.50 bits per heavy atom. The van der Waals surface area contributed by atoms with E-state index in [0.29, 0.717) is 0 Å². The minimum Gasteiger partial charge on any atom is -0.456 e. The van der Waals surface area contributed by atoms with Crippen LogP contribution in [0, 0.1) is 0 Å². The molecule has 0 radical (unpaired) electrons. The predicted molar refractivity (Wildman–Crippen MR) is 70.0 cm³/mol. The maximum Gasteiger partial charge on any atom is 0.416 e. The van der Waals surface area contributed by atoms with Gasteiger partial charge < -0.3 is 4.42 Å². The maximum absolute atomic E-state index is 12.7. The van der Waals surface area contributed by atoms with Crippen molar-refractivity contribution in [2.45, 2.75) is 6.18 Å². The molecule has 0 saturated carbocycles. The minimum absolute atomic E-state index is 0.0843. The molecular formula is C14H6ClF3O2. The Balaban J connectivity index is 2.47. The highest BCUT2D eigenvalue weighted by Crippen LogP contribution is 2.32. The first-order valence-electron chi connectivity index (χ1n) is 5.60. The summed E-state index contributed by atoms with van der Waals surface area (Å²) in [4.78, 5) is 12.3. The highest BCUT2D eigenvalue weighted by molar-refractivity contribution is 6.35. The van der Waals surface area contributed by atoms with Crippen LogP contribution in [-0.4, -0.2) is 0 Å². The lowest BCUT2D eigenvalue weighted by atomic mass is 10.1. The number of alkyl halides is 3. The van der Waals surface area contributed by atoms with Crippen molar-refractivity contribution in [2.24, 2.45) is 0 Å². The summed E-state index contributed by atoms with van der Waals surface area (Å²) in [6, 6.07) is 7.43. The SMILES string of the molecule is O=c1c2cc(C(F)(F)F)ccc2oc2cccc(Cl)c12. The lowest BCUT2D eigenvalue weighted by molar-refractivity contribution is -0.137. The molecule has 0 spiro atoms. The van der Waals surface area contributed by atoms with Gasteiger partial charge in [0.2, 0.25) is 5.43 Å². The molecule has 3 rings (SSSR count). The Morgan fingerprint density at radius 1 is 1.05 bits per heavy atom. The Labute approximate surface area is 115 Å². The number of fused-ring (bicyclic) bond motifs is 2. The molecule has 0 N–H and O–H groups in total. The van der Waals surface area contributed by atoms with Crippen LogP contribution in [0.4, 0.5) is 13.2 Å². The van der Waals surface area contributed by atoms with E-state index in [1.807, 2.05) is 0 Å². The second-order valence-corrected chi connectivity index (χ2v) is 4.66. The molecule has 2 aromatic carbocycles. The molecule has 3 aromatic rings. The van der Waals surface area contributed by atoms with Crippen LogP contribution in [0.2, 0.25) is 5.02 Å². The minimum atomic E-state index is -4.52. The molecule has 6 heteroatoms. The first-order valence-corrected chi connectivity index (χ1v) is 5.98. The van der Waals surface area contributed by atoms with Gasteiger partial charge >= 0.3 is 6.18 Å². The molecule has 0 bridgehead atoms. The van der Waals surface area contributed by atoms with Crippen LogP contribution in [0.3, 0.4) is 0 Å². The molecule has 102 valence electrons. The van der Waals surface area contributed by atoms with E-state index >= 15 is 0 Å². The van der Waals surface area contributed by atoms with Gasteiger partial charge in [0, 0.05) is 0 Å². The van der Waals surface area contributed by atoms with Gasteiger partial charge in [0.15, 0.2) is 0 Å². The zero-order chi connectivity index (χ0) is 14.5. The van der Waals surface area contributed by atoms with Gasteiger partial charge in [-0.3, -0.25) is 4.79 Å². The van der Waals surface area contributed by atoms with Crippen LogP contribution in [0.1, 0.15) is 5.56 Å². The third-order valence-electron chi connectivity index (χ3n) is 2.97. The van der Waals surface area contributed by atoms with Gasteiger partial charge in [-0.25, -0.2) is 0 Å². The number of rotatable bonds is 0. The van der Waals surface area contributed by atoms with Crippen LogP contribution < -0.4 is 5.43 Å². The summed E-state index contributed by atoms with van der Waals surface area (Å²) in [5.41, 5.74) is -1.13. The van der Waals surface area contributed by atoms with Gasteiger partial charge in [0.1, 0.15) is 11.2 Å². The topological polar surface area (TPSA) is 30.2 Å². The normalized spacial score (nSPS) is 12.2. The summed E-state index contributed by atoms with van der Waals surface area (Å²) in [5, 5.41) is 0.0944. The van der Waals surface area contributed by atoms with Gasteiger partial charge in [-0.05, 0) is 30.3 Å². The van der Waals surface area contributed by atoms with Crippen LogP contribution in [0.25, 0.3) is 21.9 Å². The van der Waals surface area contributed by atoms with E-state index in [2.05, 4.69) is 0 Å². The Bertz CT molecular complexity index is 881. The Morgan fingerprint density at radius 2 is 1.80 bits per heavy atom. The fourth-order valence-corrected chi connectivity index (χ4v) is 2.29. The molecule has 0 unspecified atom stereocenters. The second-order valence-electron chi connectivity index (χ2n) is 4.25. The largest absolute Gasteiger partial charge is 0.456 e. The first kappa shape index (κ1) is 13.0. The fraction of sp³-hybridized carbons (Fsp3) is 0.0714. The lowest BCUT2D eigenvalue weighted by Gasteiger charge is -2.08. The molecule has 1 heterocycles. The average molecular weight is 299 g/mol. The van der Waals surface area contributed by atoms with Crippen molar-refractivity contribution in [3.8, 4) is 0 Å². The van der Waals surface area contributed by atoms with Crippen LogP contribution in [-0.2, 0) is 6.18 Å². The lowest BCUT2D eigenvalue weighted by Crippen LogP contribution is -2.08. The molecule has 0 aliphatic carbocycles. The summed E-state index contributed by atoms with van der Waals surface area (Å²) >= 11 is 5.91. The molecule has 0 aliphatic heterocycles. The van der Waals surface area contributed by atoms with E-state index in [1.54, 1.807) is 12.1 Å². The van der Waals surface area contributed by atoms with Crippen molar-refractivity contribution in [2.75, 3.05) is 0 Å². The van der Waals surface area contributed by atoms with Gasteiger partial charge in [0.25, 0.3) is 0 Å². The number of halogens is 4. The number of hydrogen-bond donors (Lipinski definition) is 0. The van der Waals surface area contributed by atoms with Gasteiger partial charge in [0.05, 0.1) is 21.4 Å². The smallest absolute Gasteiger partial charge is 0.416 e. The van der Waals surface area contributed by atoms with E-state index in [9.17, 15) is 18.0 Å². The zero-order valence-electron chi connectivity index (χ0n) is 9.79. The number of hydrogen-bond acceptors (Lipinski definition) is 2. The van der Waals surface area contributed by atoms with Gasteiger partial charge in [-0.15, -0.1) is 0 Å². The molecular weight excluding hydrogens is 293 g/mol. The van der Waals surface area contributed by atoms with E-state index in [-0.39, 0.29) is 27.0 Å². The second kappa shape index (κ2) is 4.24.